The number of benzene rings is 2. The summed E-state index contributed by atoms with van der Waals surface area (Å²) < 4.78 is 22.5. The molecule has 0 spiro atoms. The zero-order chi connectivity index (χ0) is 23.9. The highest BCUT2D eigenvalue weighted by Gasteiger charge is 2.43. The molecule has 2 heterocycles. The average Bonchev–Trinajstić information content (AvgIpc) is 3.09. The number of methoxy groups -OCH3 is 3. The van der Waals surface area contributed by atoms with E-state index in [2.05, 4.69) is 0 Å². The van der Waals surface area contributed by atoms with E-state index < -0.39 is 11.9 Å². The lowest BCUT2D eigenvalue weighted by molar-refractivity contribution is 0.0716. The van der Waals surface area contributed by atoms with Crippen molar-refractivity contribution in [2.45, 2.75) is 26.3 Å². The quantitative estimate of drug-likeness (QED) is 0.586. The molecule has 2 aromatic carbocycles. The highest BCUT2D eigenvalue weighted by molar-refractivity contribution is 5.99. The van der Waals surface area contributed by atoms with Crippen LogP contribution in [0.3, 0.4) is 0 Å². The van der Waals surface area contributed by atoms with E-state index in [1.807, 2.05) is 19.9 Å². The molecule has 0 saturated carbocycles. The fourth-order valence-electron chi connectivity index (χ4n) is 4.55. The monoisotopic (exact) mass is 453 g/mol. The maximum Gasteiger partial charge on any atom is 0.290 e. The van der Waals surface area contributed by atoms with E-state index in [1.165, 1.54) is 21.3 Å². The van der Waals surface area contributed by atoms with Crippen molar-refractivity contribution in [2.24, 2.45) is 0 Å². The summed E-state index contributed by atoms with van der Waals surface area (Å²) in [5.41, 5.74) is 2.76. The first kappa shape index (κ1) is 22.7. The number of rotatable bonds is 7. The van der Waals surface area contributed by atoms with Gasteiger partial charge in [0, 0.05) is 13.2 Å². The second-order valence-electron chi connectivity index (χ2n) is 8.07. The third-order valence-corrected chi connectivity index (χ3v) is 5.96. The van der Waals surface area contributed by atoms with Gasteiger partial charge in [0.1, 0.15) is 5.58 Å². The van der Waals surface area contributed by atoms with Crippen LogP contribution < -0.4 is 19.6 Å². The molecular formula is C25H27NO7. The van der Waals surface area contributed by atoms with E-state index in [-0.39, 0.29) is 29.9 Å². The number of hydrogen-bond donors (Lipinski definition) is 1. The van der Waals surface area contributed by atoms with Crippen LogP contribution in [-0.2, 0) is 0 Å². The van der Waals surface area contributed by atoms with Gasteiger partial charge in [-0.25, -0.2) is 0 Å². The number of aliphatic hydroxyl groups excluding tert-OH is 1. The molecule has 8 nitrogen and oxygen atoms in total. The van der Waals surface area contributed by atoms with Gasteiger partial charge in [0.05, 0.1) is 38.3 Å². The summed E-state index contributed by atoms with van der Waals surface area (Å²) in [6, 6.07) is 6.42. The van der Waals surface area contributed by atoms with Crippen LogP contribution in [0.4, 0.5) is 0 Å². The van der Waals surface area contributed by atoms with Crippen molar-refractivity contribution in [3.8, 4) is 17.2 Å². The van der Waals surface area contributed by atoms with E-state index in [1.54, 1.807) is 23.1 Å². The Balaban J connectivity index is 2.03. The summed E-state index contributed by atoms with van der Waals surface area (Å²) >= 11 is 0. The molecule has 174 valence electrons. The predicted molar refractivity (Wildman–Crippen MR) is 123 cm³/mol. The molecule has 3 aromatic rings. The molecule has 1 amide bonds. The van der Waals surface area contributed by atoms with Gasteiger partial charge in [0.25, 0.3) is 5.91 Å². The number of carbonyl (C=O) groups is 1. The number of amides is 1. The molecule has 1 N–H and O–H groups in total. The van der Waals surface area contributed by atoms with Gasteiger partial charge < -0.3 is 28.6 Å². The van der Waals surface area contributed by atoms with Gasteiger partial charge in [0.2, 0.25) is 11.5 Å². The first-order valence-corrected chi connectivity index (χ1v) is 10.7. The zero-order valence-electron chi connectivity index (χ0n) is 19.4. The average molecular weight is 453 g/mol. The molecule has 1 aromatic heterocycles. The van der Waals surface area contributed by atoms with Crippen LogP contribution >= 0.6 is 0 Å². The summed E-state index contributed by atoms with van der Waals surface area (Å²) in [6.07, 6.45) is 0.354. The largest absolute Gasteiger partial charge is 0.493 e. The number of nitrogens with zero attached hydrogens (tertiary/aromatic N) is 1. The van der Waals surface area contributed by atoms with Gasteiger partial charge in [0.15, 0.2) is 16.9 Å². The van der Waals surface area contributed by atoms with E-state index in [9.17, 15) is 14.7 Å². The van der Waals surface area contributed by atoms with Gasteiger partial charge in [-0.3, -0.25) is 9.59 Å². The Morgan fingerprint density at radius 3 is 2.24 bits per heavy atom. The molecule has 0 fully saturated rings. The van der Waals surface area contributed by atoms with Gasteiger partial charge in [-0.2, -0.15) is 0 Å². The minimum atomic E-state index is -0.728. The van der Waals surface area contributed by atoms with Gasteiger partial charge in [-0.1, -0.05) is 6.07 Å². The zero-order valence-corrected chi connectivity index (χ0v) is 19.4. The molecule has 1 atom stereocenters. The molecular weight excluding hydrogens is 426 g/mol. The van der Waals surface area contributed by atoms with Crippen LogP contribution in [0.25, 0.3) is 11.0 Å². The summed E-state index contributed by atoms with van der Waals surface area (Å²) in [7, 11) is 4.52. The van der Waals surface area contributed by atoms with Crippen molar-refractivity contribution < 1.29 is 28.5 Å². The fourth-order valence-corrected chi connectivity index (χ4v) is 4.55. The van der Waals surface area contributed by atoms with E-state index in [4.69, 9.17) is 18.6 Å². The second kappa shape index (κ2) is 8.78. The number of aliphatic hydroxyl groups is 1. The topological polar surface area (TPSA) is 98.4 Å². The molecule has 0 bridgehead atoms. The summed E-state index contributed by atoms with van der Waals surface area (Å²) in [5.74, 6) is 0.859. The number of carbonyl (C=O) groups excluding carboxylic acids is 1. The van der Waals surface area contributed by atoms with Crippen LogP contribution in [0.2, 0.25) is 0 Å². The summed E-state index contributed by atoms with van der Waals surface area (Å²) in [5, 5.41) is 9.85. The maximum absolute atomic E-state index is 13.7. The molecule has 0 radical (unpaired) electrons. The Kier molecular flexibility index (Phi) is 6.03. The SMILES string of the molecule is COc1cc([C@@H]2c3c(oc4c(C)cc(C)cc4c3=O)C(=O)N2CCCO)cc(OC)c1OC. The lowest BCUT2D eigenvalue weighted by atomic mass is 9.96. The van der Waals surface area contributed by atoms with Gasteiger partial charge in [-0.15, -0.1) is 0 Å². The Morgan fingerprint density at radius 1 is 1.00 bits per heavy atom. The lowest BCUT2D eigenvalue weighted by Gasteiger charge is -2.26. The maximum atomic E-state index is 13.7. The van der Waals surface area contributed by atoms with Crippen LogP contribution in [-0.4, -0.2) is 50.4 Å². The van der Waals surface area contributed by atoms with Crippen LogP contribution in [0.15, 0.2) is 33.5 Å². The molecule has 8 heteroatoms. The lowest BCUT2D eigenvalue weighted by Crippen LogP contribution is -2.31. The van der Waals surface area contributed by atoms with Gasteiger partial charge >= 0.3 is 0 Å². The van der Waals surface area contributed by atoms with Crippen LogP contribution in [0, 0.1) is 13.8 Å². The number of ether oxygens (including phenoxy) is 3. The van der Waals surface area contributed by atoms with Crippen molar-refractivity contribution in [3.05, 3.63) is 62.5 Å². The van der Waals surface area contributed by atoms with E-state index >= 15 is 0 Å². The van der Waals surface area contributed by atoms with Crippen molar-refractivity contribution in [1.29, 1.82) is 0 Å². The molecule has 1 aliphatic rings. The second-order valence-corrected chi connectivity index (χ2v) is 8.07. The predicted octanol–water partition coefficient (Wildman–Crippen LogP) is 3.36. The summed E-state index contributed by atoms with van der Waals surface area (Å²) in [6.45, 7) is 3.91. The Hall–Kier alpha value is -3.52. The highest BCUT2D eigenvalue weighted by atomic mass is 16.5. The molecule has 0 saturated heterocycles. The van der Waals surface area contributed by atoms with Crippen LogP contribution in [0.5, 0.6) is 17.2 Å². The third-order valence-electron chi connectivity index (χ3n) is 5.96. The highest BCUT2D eigenvalue weighted by Crippen LogP contribution is 2.45. The Morgan fingerprint density at radius 2 is 1.67 bits per heavy atom. The smallest absolute Gasteiger partial charge is 0.290 e. The number of fused-ring (bicyclic) bond motifs is 2. The number of hydrogen-bond acceptors (Lipinski definition) is 7. The molecule has 1 aliphatic heterocycles. The first-order valence-electron chi connectivity index (χ1n) is 10.7. The normalized spacial score (nSPS) is 15.2. The fraction of sp³-hybridized carbons (Fsp3) is 0.360. The molecule has 0 aliphatic carbocycles. The van der Waals surface area contributed by atoms with Crippen LogP contribution in [0.1, 0.15) is 45.3 Å². The minimum Gasteiger partial charge on any atom is -0.493 e. The number of aryl methyl sites for hydroxylation is 2. The Labute approximate surface area is 191 Å². The van der Waals surface area contributed by atoms with Crippen molar-refractivity contribution in [2.75, 3.05) is 34.5 Å². The molecule has 4 rings (SSSR count). The molecule has 0 unspecified atom stereocenters. The molecule has 33 heavy (non-hydrogen) atoms. The standard InChI is InChI=1S/C25H27NO7/c1-13-9-14(2)22-16(10-13)21(28)19-20(26(7-6-8-27)25(29)24(19)33-22)15-11-17(30-3)23(32-5)18(12-15)31-4/h9-12,20,27H,6-8H2,1-5H3/t20-/m1/s1. The van der Waals surface area contributed by atoms with E-state index in [0.29, 0.717) is 40.2 Å². The Bertz CT molecular complexity index is 1270. The third kappa shape index (κ3) is 3.60. The van der Waals surface area contributed by atoms with Crippen molar-refractivity contribution >= 4 is 16.9 Å². The minimum absolute atomic E-state index is 0.0242. The first-order chi connectivity index (χ1) is 15.9. The summed E-state index contributed by atoms with van der Waals surface area (Å²) in [4.78, 5) is 28.7. The van der Waals surface area contributed by atoms with Crippen molar-refractivity contribution in [3.63, 3.8) is 0 Å². The van der Waals surface area contributed by atoms with Crippen molar-refractivity contribution in [1.82, 2.24) is 4.90 Å². The van der Waals surface area contributed by atoms with Gasteiger partial charge in [-0.05, 0) is 55.2 Å². The van der Waals surface area contributed by atoms with E-state index in [0.717, 1.165) is 11.1 Å².